The first-order valence-corrected chi connectivity index (χ1v) is 12.1. The van der Waals surface area contributed by atoms with Gasteiger partial charge in [-0.15, -0.1) is 0 Å². The quantitative estimate of drug-likeness (QED) is 0.365. The van der Waals surface area contributed by atoms with E-state index in [0.717, 1.165) is 72.6 Å². The molecule has 2 aromatic heterocycles. The van der Waals surface area contributed by atoms with Gasteiger partial charge in [-0.25, -0.2) is 14.2 Å². The molecule has 0 saturated carbocycles. The number of hydrogen-bond acceptors (Lipinski definition) is 4. The summed E-state index contributed by atoms with van der Waals surface area (Å²) in [5, 5.41) is 8.42. The van der Waals surface area contributed by atoms with E-state index in [1.165, 1.54) is 0 Å². The second-order valence-corrected chi connectivity index (χ2v) is 9.29. The monoisotopic (exact) mass is 468 g/mol. The van der Waals surface area contributed by atoms with Crippen LogP contribution >= 0.6 is 0 Å². The smallest absolute Gasteiger partial charge is 0.197 e. The number of nitrogens with zero attached hydrogens (tertiary/aromatic N) is 5. The van der Waals surface area contributed by atoms with Crippen LogP contribution in [0.3, 0.4) is 0 Å². The van der Waals surface area contributed by atoms with Crippen LogP contribution < -0.4 is 4.90 Å². The highest BCUT2D eigenvalue weighted by atomic mass is 19.1. The Labute approximate surface area is 205 Å². The van der Waals surface area contributed by atoms with Gasteiger partial charge < -0.3 is 9.80 Å². The largest absolute Gasteiger partial charge is 0.354 e. The lowest BCUT2D eigenvalue weighted by Crippen LogP contribution is -2.44. The number of halogens is 1. The van der Waals surface area contributed by atoms with Crippen molar-refractivity contribution in [1.82, 2.24) is 20.1 Å². The lowest BCUT2D eigenvalue weighted by atomic mass is 9.94. The van der Waals surface area contributed by atoms with Crippen molar-refractivity contribution >= 4 is 22.4 Å². The molecule has 0 atom stereocenters. The number of hydrogen-bond donors (Lipinski definition) is 1. The van der Waals surface area contributed by atoms with Crippen molar-refractivity contribution in [3.63, 3.8) is 0 Å². The Kier molecular flexibility index (Phi) is 6.23. The SMILES string of the molecule is [C-]#[N+]c1cc2[nH]nc(-c3cccc(N4CCN(C)CC4)n3)c2cc1-c1c(C)cc(CCC)cc1F. The number of fused-ring (bicyclic) bond motifs is 1. The van der Waals surface area contributed by atoms with Crippen molar-refractivity contribution in [3.8, 4) is 22.5 Å². The summed E-state index contributed by atoms with van der Waals surface area (Å²) in [6, 6.07) is 13.2. The maximum absolute atomic E-state index is 15.3. The highest BCUT2D eigenvalue weighted by Crippen LogP contribution is 2.40. The number of rotatable bonds is 5. The van der Waals surface area contributed by atoms with Crippen LogP contribution in [-0.4, -0.2) is 53.3 Å². The summed E-state index contributed by atoms with van der Waals surface area (Å²) in [4.78, 5) is 13.2. The molecule has 1 aliphatic rings. The molecule has 0 radical (unpaired) electrons. The summed E-state index contributed by atoms with van der Waals surface area (Å²) >= 11 is 0. The van der Waals surface area contributed by atoms with E-state index in [1.54, 1.807) is 12.1 Å². The third-order valence-corrected chi connectivity index (χ3v) is 6.76. The van der Waals surface area contributed by atoms with Gasteiger partial charge in [0, 0.05) is 37.1 Å². The van der Waals surface area contributed by atoms with Crippen LogP contribution in [0.2, 0.25) is 0 Å². The van der Waals surface area contributed by atoms with Crippen molar-refractivity contribution in [1.29, 1.82) is 0 Å². The molecule has 4 aromatic rings. The number of H-pyrrole nitrogens is 1. The molecule has 0 aliphatic carbocycles. The molecule has 3 heterocycles. The van der Waals surface area contributed by atoms with Crippen molar-refractivity contribution in [2.75, 3.05) is 38.1 Å². The van der Waals surface area contributed by atoms with E-state index in [9.17, 15) is 0 Å². The van der Waals surface area contributed by atoms with E-state index in [1.807, 2.05) is 37.3 Å². The van der Waals surface area contributed by atoms with Crippen molar-refractivity contribution in [2.24, 2.45) is 0 Å². The maximum Gasteiger partial charge on any atom is 0.197 e. The molecule has 0 spiro atoms. The minimum Gasteiger partial charge on any atom is -0.354 e. The summed E-state index contributed by atoms with van der Waals surface area (Å²) in [7, 11) is 2.13. The van der Waals surface area contributed by atoms with Crippen molar-refractivity contribution in [2.45, 2.75) is 26.7 Å². The average molecular weight is 469 g/mol. The first kappa shape index (κ1) is 23.0. The first-order chi connectivity index (χ1) is 17.0. The van der Waals surface area contributed by atoms with Crippen molar-refractivity contribution < 1.29 is 4.39 Å². The number of aryl methyl sites for hydroxylation is 2. The fourth-order valence-electron chi connectivity index (χ4n) is 4.90. The number of nitrogens with one attached hydrogen (secondary N) is 1. The zero-order valence-corrected chi connectivity index (χ0v) is 20.4. The molecule has 35 heavy (non-hydrogen) atoms. The number of pyridine rings is 1. The van der Waals surface area contributed by atoms with Gasteiger partial charge in [0.05, 0.1) is 17.8 Å². The molecule has 6 nitrogen and oxygen atoms in total. The highest BCUT2D eigenvalue weighted by molar-refractivity contribution is 6.00. The Morgan fingerprint density at radius 1 is 1.11 bits per heavy atom. The van der Waals surface area contributed by atoms with Gasteiger partial charge in [-0.1, -0.05) is 31.5 Å². The van der Waals surface area contributed by atoms with Gasteiger partial charge in [-0.3, -0.25) is 5.10 Å². The average Bonchev–Trinajstić information content (AvgIpc) is 3.27. The molecule has 0 amide bonds. The second-order valence-electron chi connectivity index (χ2n) is 9.29. The zero-order valence-electron chi connectivity index (χ0n) is 20.4. The van der Waals surface area contributed by atoms with E-state index in [0.29, 0.717) is 22.5 Å². The second kappa shape index (κ2) is 9.47. The van der Waals surface area contributed by atoms with Gasteiger partial charge in [-0.2, -0.15) is 5.10 Å². The van der Waals surface area contributed by atoms with Crippen LogP contribution in [0.5, 0.6) is 0 Å². The molecule has 1 N–H and O–H groups in total. The summed E-state index contributed by atoms with van der Waals surface area (Å²) < 4.78 is 15.3. The van der Waals surface area contributed by atoms with Gasteiger partial charge in [0.1, 0.15) is 17.3 Å². The molecular formula is C28H29FN6. The van der Waals surface area contributed by atoms with Gasteiger partial charge in [0.25, 0.3) is 0 Å². The van der Waals surface area contributed by atoms with Gasteiger partial charge in [0.15, 0.2) is 5.69 Å². The molecule has 1 saturated heterocycles. The molecule has 178 valence electrons. The van der Waals surface area contributed by atoms with Crippen molar-refractivity contribution in [3.05, 3.63) is 70.8 Å². The maximum atomic E-state index is 15.3. The molecule has 0 unspecified atom stereocenters. The van der Waals surface area contributed by atoms with Gasteiger partial charge in [-0.05, 0) is 61.3 Å². The molecule has 2 aromatic carbocycles. The van der Waals surface area contributed by atoms with Crippen LogP contribution in [-0.2, 0) is 6.42 Å². The fourth-order valence-corrected chi connectivity index (χ4v) is 4.90. The Morgan fingerprint density at radius 2 is 1.91 bits per heavy atom. The van der Waals surface area contributed by atoms with E-state index in [4.69, 9.17) is 11.6 Å². The predicted octanol–water partition coefficient (Wildman–Crippen LogP) is 5.99. The normalized spacial score (nSPS) is 14.4. The van der Waals surface area contributed by atoms with E-state index < -0.39 is 0 Å². The Hall–Kier alpha value is -3.76. The minimum absolute atomic E-state index is 0.294. The van der Waals surface area contributed by atoms with E-state index in [2.05, 4.69) is 38.8 Å². The van der Waals surface area contributed by atoms with Crippen LogP contribution in [0, 0.1) is 19.3 Å². The minimum atomic E-state index is -0.294. The lowest BCUT2D eigenvalue weighted by Gasteiger charge is -2.33. The van der Waals surface area contributed by atoms with Crippen LogP contribution in [0.1, 0.15) is 24.5 Å². The van der Waals surface area contributed by atoms with E-state index >= 15 is 4.39 Å². The standard InChI is InChI=1S/C28H29FN6/c1-5-7-19-14-18(2)27(22(29)15-19)20-16-21-25(17-24(20)30-3)32-33-28(21)23-8-6-9-26(31-23)35-12-10-34(4)11-13-35/h6,8-9,14-17H,5,7,10-13H2,1-2,4H3,(H,32,33). The van der Waals surface area contributed by atoms with Crippen LogP contribution in [0.4, 0.5) is 15.9 Å². The third kappa shape index (κ3) is 4.38. The summed E-state index contributed by atoms with van der Waals surface area (Å²) in [6.45, 7) is 15.6. The number of anilines is 1. The molecule has 7 heteroatoms. The predicted molar refractivity (Wildman–Crippen MR) is 139 cm³/mol. The van der Waals surface area contributed by atoms with Gasteiger partial charge >= 0.3 is 0 Å². The molecule has 1 fully saturated rings. The van der Waals surface area contributed by atoms with E-state index in [-0.39, 0.29) is 5.82 Å². The highest BCUT2D eigenvalue weighted by Gasteiger charge is 2.20. The van der Waals surface area contributed by atoms with Crippen LogP contribution in [0.15, 0.2) is 42.5 Å². The summed E-state index contributed by atoms with van der Waals surface area (Å²) in [6.07, 6.45) is 1.78. The first-order valence-electron chi connectivity index (χ1n) is 12.1. The van der Waals surface area contributed by atoms with Gasteiger partial charge in [0.2, 0.25) is 0 Å². The number of aromatic nitrogens is 3. The molecule has 5 rings (SSSR count). The van der Waals surface area contributed by atoms with Crippen LogP contribution in [0.25, 0.3) is 38.3 Å². The number of piperazine rings is 1. The molecular weight excluding hydrogens is 439 g/mol. The topological polar surface area (TPSA) is 52.4 Å². The Balaban J connectivity index is 1.60. The number of likely N-dealkylation sites (N-methyl/N-ethyl adjacent to an activating group) is 1. The fraction of sp³-hybridized carbons (Fsp3) is 0.321. The summed E-state index contributed by atoms with van der Waals surface area (Å²) in [5.74, 6) is 0.635. The Morgan fingerprint density at radius 3 is 2.63 bits per heavy atom. The molecule has 1 aliphatic heterocycles. The molecule has 0 bridgehead atoms. The lowest BCUT2D eigenvalue weighted by molar-refractivity contribution is 0.312. The number of benzene rings is 2. The zero-order chi connectivity index (χ0) is 24.5. The third-order valence-electron chi connectivity index (χ3n) is 6.76. The number of aromatic amines is 1. The summed E-state index contributed by atoms with van der Waals surface area (Å²) in [5.41, 5.74) is 5.47. The Bertz CT molecular complexity index is 1400.